The van der Waals surface area contributed by atoms with Crippen molar-refractivity contribution in [2.75, 3.05) is 36.8 Å². The topological polar surface area (TPSA) is 88.2 Å². The number of piperazine rings is 1. The highest BCUT2D eigenvalue weighted by Gasteiger charge is 2.27. The van der Waals surface area contributed by atoms with E-state index in [0.717, 1.165) is 40.4 Å². The zero-order chi connectivity index (χ0) is 18.3. The van der Waals surface area contributed by atoms with Crippen molar-refractivity contribution in [3.05, 3.63) is 40.5 Å². The molecule has 1 fully saturated rings. The van der Waals surface area contributed by atoms with E-state index in [4.69, 9.17) is 5.73 Å². The van der Waals surface area contributed by atoms with Gasteiger partial charge in [-0.15, -0.1) is 16.4 Å². The second-order valence-electron chi connectivity index (χ2n) is 6.40. The molecule has 8 heteroatoms. The van der Waals surface area contributed by atoms with Crippen LogP contribution in [0.4, 0.5) is 11.5 Å². The fraction of sp³-hybridized carbons (Fsp3) is 0.333. The van der Waals surface area contributed by atoms with E-state index in [1.807, 2.05) is 36.9 Å². The minimum Gasteiger partial charge on any atom is -0.397 e. The molecule has 1 saturated heterocycles. The van der Waals surface area contributed by atoms with Crippen LogP contribution in [0, 0.1) is 13.8 Å². The molecule has 1 aliphatic heterocycles. The van der Waals surface area contributed by atoms with Gasteiger partial charge in [0.15, 0.2) is 0 Å². The molecule has 4 rings (SSSR count). The first-order chi connectivity index (χ1) is 12.6. The standard InChI is InChI=1S/C18H20N6OS/c1-11-12(2)21-22-17-14(11)15(19)16(26-17)18(25)24-9-7-23(8-10-24)13-5-3-4-6-20-13/h3-6H,7-10,19H2,1-2H3. The Morgan fingerprint density at radius 2 is 1.92 bits per heavy atom. The third-order valence-corrected chi connectivity index (χ3v) is 5.95. The summed E-state index contributed by atoms with van der Waals surface area (Å²) in [6, 6.07) is 5.87. The molecule has 7 nitrogen and oxygen atoms in total. The predicted molar refractivity (Wildman–Crippen MR) is 104 cm³/mol. The first-order valence-electron chi connectivity index (χ1n) is 8.53. The van der Waals surface area contributed by atoms with Crippen LogP contribution in [0.3, 0.4) is 0 Å². The molecule has 2 N–H and O–H groups in total. The van der Waals surface area contributed by atoms with Gasteiger partial charge in [0.2, 0.25) is 0 Å². The van der Waals surface area contributed by atoms with E-state index >= 15 is 0 Å². The Balaban J connectivity index is 1.55. The molecule has 0 aliphatic carbocycles. The highest BCUT2D eigenvalue weighted by Crippen LogP contribution is 2.35. The second-order valence-corrected chi connectivity index (χ2v) is 7.40. The fourth-order valence-electron chi connectivity index (χ4n) is 3.22. The summed E-state index contributed by atoms with van der Waals surface area (Å²) < 4.78 is 0. The summed E-state index contributed by atoms with van der Waals surface area (Å²) in [6.07, 6.45) is 1.79. The van der Waals surface area contributed by atoms with Gasteiger partial charge < -0.3 is 15.5 Å². The molecular weight excluding hydrogens is 348 g/mol. The Kier molecular flexibility index (Phi) is 4.20. The fourth-order valence-corrected chi connectivity index (χ4v) is 4.29. The van der Waals surface area contributed by atoms with Crippen molar-refractivity contribution in [3.8, 4) is 0 Å². The van der Waals surface area contributed by atoms with Crippen LogP contribution < -0.4 is 10.6 Å². The van der Waals surface area contributed by atoms with Gasteiger partial charge >= 0.3 is 0 Å². The smallest absolute Gasteiger partial charge is 0.266 e. The Bertz CT molecular complexity index is 963. The Labute approximate surface area is 155 Å². The van der Waals surface area contributed by atoms with Crippen LogP contribution in [0.15, 0.2) is 24.4 Å². The van der Waals surface area contributed by atoms with Crippen molar-refractivity contribution >= 4 is 39.0 Å². The van der Waals surface area contributed by atoms with Gasteiger partial charge in [-0.05, 0) is 31.5 Å². The van der Waals surface area contributed by atoms with Crippen molar-refractivity contribution in [1.82, 2.24) is 20.1 Å². The number of hydrogen-bond acceptors (Lipinski definition) is 7. The number of nitrogens with two attached hydrogens (primary N) is 1. The molecule has 3 aromatic rings. The van der Waals surface area contributed by atoms with Gasteiger partial charge in [-0.25, -0.2) is 4.98 Å². The Morgan fingerprint density at radius 3 is 2.62 bits per heavy atom. The number of fused-ring (bicyclic) bond motifs is 1. The van der Waals surface area contributed by atoms with E-state index in [1.165, 1.54) is 11.3 Å². The minimum absolute atomic E-state index is 0.0248. The first kappa shape index (κ1) is 16.7. The number of carbonyl (C=O) groups is 1. The predicted octanol–water partition coefficient (Wildman–Crippen LogP) is 2.25. The number of carbonyl (C=O) groups excluding carboxylic acids is 1. The molecule has 0 aromatic carbocycles. The number of rotatable bonds is 2. The van der Waals surface area contributed by atoms with E-state index in [1.54, 1.807) is 6.20 Å². The molecule has 0 bridgehead atoms. The number of thiophene rings is 1. The maximum absolute atomic E-state index is 13.0. The third-order valence-electron chi connectivity index (χ3n) is 4.87. The maximum Gasteiger partial charge on any atom is 0.266 e. The number of hydrogen-bond donors (Lipinski definition) is 1. The number of pyridine rings is 1. The number of nitrogens with zero attached hydrogens (tertiary/aromatic N) is 5. The third kappa shape index (κ3) is 2.76. The molecule has 0 saturated carbocycles. The van der Waals surface area contributed by atoms with Crippen molar-refractivity contribution in [1.29, 1.82) is 0 Å². The highest BCUT2D eigenvalue weighted by molar-refractivity contribution is 7.21. The monoisotopic (exact) mass is 368 g/mol. The summed E-state index contributed by atoms with van der Waals surface area (Å²) in [6.45, 7) is 6.67. The quantitative estimate of drug-likeness (QED) is 0.746. The van der Waals surface area contributed by atoms with Gasteiger partial charge in [-0.1, -0.05) is 6.07 Å². The number of aryl methyl sites for hydroxylation is 2. The molecule has 3 aromatic heterocycles. The maximum atomic E-state index is 13.0. The summed E-state index contributed by atoms with van der Waals surface area (Å²) in [5.41, 5.74) is 8.66. The van der Waals surface area contributed by atoms with Crippen molar-refractivity contribution in [3.63, 3.8) is 0 Å². The van der Waals surface area contributed by atoms with Gasteiger partial charge in [-0.2, -0.15) is 5.10 Å². The van der Waals surface area contributed by atoms with Crippen LogP contribution in [-0.4, -0.2) is 52.2 Å². The lowest BCUT2D eigenvalue weighted by Crippen LogP contribution is -2.49. The zero-order valence-electron chi connectivity index (χ0n) is 14.8. The van der Waals surface area contributed by atoms with E-state index < -0.39 is 0 Å². The summed E-state index contributed by atoms with van der Waals surface area (Å²) in [4.78, 5) is 22.7. The summed E-state index contributed by atoms with van der Waals surface area (Å²) in [5.74, 6) is 0.922. The number of amides is 1. The van der Waals surface area contributed by atoms with E-state index in [-0.39, 0.29) is 5.91 Å². The molecule has 0 unspecified atom stereocenters. The minimum atomic E-state index is -0.0248. The summed E-state index contributed by atoms with van der Waals surface area (Å²) >= 11 is 1.33. The first-order valence-corrected chi connectivity index (χ1v) is 9.35. The molecule has 134 valence electrons. The Hall–Kier alpha value is -2.74. The van der Waals surface area contributed by atoms with Gasteiger partial charge in [0.1, 0.15) is 15.5 Å². The molecule has 0 radical (unpaired) electrons. The van der Waals surface area contributed by atoms with Crippen LogP contribution in [0.1, 0.15) is 20.9 Å². The molecule has 4 heterocycles. The number of nitrogen functional groups attached to an aromatic ring is 1. The largest absolute Gasteiger partial charge is 0.397 e. The van der Waals surface area contributed by atoms with Crippen molar-refractivity contribution in [2.24, 2.45) is 0 Å². The van der Waals surface area contributed by atoms with Gasteiger partial charge in [0.05, 0.1) is 11.4 Å². The summed E-state index contributed by atoms with van der Waals surface area (Å²) in [5, 5.41) is 9.21. The Morgan fingerprint density at radius 1 is 1.15 bits per heavy atom. The average molecular weight is 368 g/mol. The number of aromatic nitrogens is 3. The van der Waals surface area contributed by atoms with Crippen LogP contribution in [0.2, 0.25) is 0 Å². The lowest BCUT2D eigenvalue weighted by Gasteiger charge is -2.35. The molecular formula is C18H20N6OS. The van der Waals surface area contributed by atoms with Crippen molar-refractivity contribution in [2.45, 2.75) is 13.8 Å². The zero-order valence-corrected chi connectivity index (χ0v) is 15.6. The van der Waals surface area contributed by atoms with Crippen LogP contribution in [-0.2, 0) is 0 Å². The normalized spacial score (nSPS) is 14.8. The van der Waals surface area contributed by atoms with Crippen LogP contribution >= 0.6 is 11.3 Å². The van der Waals surface area contributed by atoms with Gasteiger partial charge in [0.25, 0.3) is 5.91 Å². The molecule has 0 atom stereocenters. The van der Waals surface area contributed by atoms with E-state index in [0.29, 0.717) is 23.7 Å². The lowest BCUT2D eigenvalue weighted by molar-refractivity contribution is 0.0752. The van der Waals surface area contributed by atoms with Crippen LogP contribution in [0.5, 0.6) is 0 Å². The number of anilines is 2. The molecule has 1 aliphatic rings. The highest BCUT2D eigenvalue weighted by atomic mass is 32.1. The van der Waals surface area contributed by atoms with Crippen molar-refractivity contribution < 1.29 is 4.79 Å². The van der Waals surface area contributed by atoms with Gasteiger partial charge in [-0.3, -0.25) is 4.79 Å². The van der Waals surface area contributed by atoms with Crippen LogP contribution in [0.25, 0.3) is 10.2 Å². The van der Waals surface area contributed by atoms with E-state index in [9.17, 15) is 4.79 Å². The van der Waals surface area contributed by atoms with E-state index in [2.05, 4.69) is 20.1 Å². The SMILES string of the molecule is Cc1nnc2sc(C(=O)N3CCN(c4ccccn4)CC3)c(N)c2c1C. The summed E-state index contributed by atoms with van der Waals surface area (Å²) in [7, 11) is 0. The average Bonchev–Trinajstić information content (AvgIpc) is 3.02. The lowest BCUT2D eigenvalue weighted by atomic mass is 10.1. The molecule has 26 heavy (non-hydrogen) atoms. The van der Waals surface area contributed by atoms with Gasteiger partial charge in [0, 0.05) is 37.8 Å². The molecule has 1 amide bonds. The molecule has 0 spiro atoms. The second kappa shape index (κ2) is 6.53.